The van der Waals surface area contributed by atoms with Crippen molar-refractivity contribution in [1.29, 1.82) is 0 Å². The van der Waals surface area contributed by atoms with Gasteiger partial charge in [0, 0.05) is 14.7 Å². The normalized spacial score (nSPS) is 15.5. The van der Waals surface area contributed by atoms with Gasteiger partial charge in [-0.2, -0.15) is 91.8 Å². The third kappa shape index (κ3) is 5.87. The van der Waals surface area contributed by atoms with Gasteiger partial charge in [0.05, 0.1) is 0 Å². The fourth-order valence-corrected chi connectivity index (χ4v) is 9.28. The molecule has 0 aliphatic heterocycles. The molecule has 0 saturated carbocycles. The van der Waals surface area contributed by atoms with E-state index in [1.807, 2.05) is 0 Å². The minimum Gasteiger partial charge on any atom is -0.202 e. The first kappa shape index (κ1) is 42.0. The lowest BCUT2D eigenvalue weighted by atomic mass is 9.89. The fourth-order valence-electron chi connectivity index (χ4n) is 4.04. The van der Waals surface area contributed by atoms with E-state index in [2.05, 4.69) is 3.63 Å². The lowest BCUT2D eigenvalue weighted by molar-refractivity contribution is -0.466. The molecule has 0 bridgehead atoms. The van der Waals surface area contributed by atoms with Crippen molar-refractivity contribution in [2.75, 3.05) is 0 Å². The SMILES string of the molecule is O=S(=O)(OS(c1ccccc1)(c1ccccc1)c1ccccc1)C(F)(F)C(F)(F)C(F)(F)C(F)(F)C(F)(F)C(F)(F)C(F)(F)C(F)(F)C(F)(F)F. The number of halogens is 19. The summed E-state index contributed by atoms with van der Waals surface area (Å²) in [5, 5.41) is -7.96. The van der Waals surface area contributed by atoms with Gasteiger partial charge in [0.25, 0.3) is 0 Å². The molecule has 24 heteroatoms. The van der Waals surface area contributed by atoms with Crippen LogP contribution in [0.5, 0.6) is 0 Å². The van der Waals surface area contributed by atoms with Crippen molar-refractivity contribution in [2.24, 2.45) is 0 Å². The van der Waals surface area contributed by atoms with Crippen molar-refractivity contribution in [3.63, 3.8) is 0 Å². The fraction of sp³-hybridized carbons (Fsp3) is 0.333. The lowest BCUT2D eigenvalue weighted by Crippen LogP contribution is -2.76. The molecule has 3 aromatic carbocycles. The van der Waals surface area contributed by atoms with E-state index in [-0.39, 0.29) is 0 Å². The van der Waals surface area contributed by atoms with E-state index >= 15 is 8.78 Å². The Morgan fingerprint density at radius 2 is 0.588 bits per heavy atom. The Morgan fingerprint density at radius 3 is 0.843 bits per heavy atom. The summed E-state index contributed by atoms with van der Waals surface area (Å²) in [6.45, 7) is 0. The van der Waals surface area contributed by atoms with Crippen molar-refractivity contribution in [3.05, 3.63) is 91.0 Å². The first-order chi connectivity index (χ1) is 22.8. The van der Waals surface area contributed by atoms with Crippen molar-refractivity contribution >= 4 is 20.4 Å². The molecular weight excluding hydrogens is 797 g/mol. The summed E-state index contributed by atoms with van der Waals surface area (Å²) in [6, 6.07) is 15.5. The maximum absolute atomic E-state index is 15.2. The summed E-state index contributed by atoms with van der Waals surface area (Å²) < 4.78 is 295. The van der Waals surface area contributed by atoms with Crippen LogP contribution < -0.4 is 0 Å². The van der Waals surface area contributed by atoms with Crippen LogP contribution in [0.1, 0.15) is 0 Å². The summed E-state index contributed by atoms with van der Waals surface area (Å²) in [5.74, 6) is -62.5. The Morgan fingerprint density at radius 1 is 0.353 bits per heavy atom. The average Bonchev–Trinajstić information content (AvgIpc) is 3.03. The van der Waals surface area contributed by atoms with Gasteiger partial charge in [-0.25, -0.2) is 3.63 Å². The molecule has 3 rings (SSSR count). The third-order valence-electron chi connectivity index (χ3n) is 6.82. The van der Waals surface area contributed by atoms with Crippen molar-refractivity contribution in [2.45, 2.75) is 67.6 Å². The van der Waals surface area contributed by atoms with Crippen LogP contribution in [0.4, 0.5) is 83.4 Å². The van der Waals surface area contributed by atoms with E-state index in [1.165, 1.54) is 18.2 Å². The minimum absolute atomic E-state index is 0.541. The van der Waals surface area contributed by atoms with Crippen LogP contribution in [0.15, 0.2) is 106 Å². The molecule has 51 heavy (non-hydrogen) atoms. The highest BCUT2D eigenvalue weighted by molar-refractivity contribution is 8.33. The highest BCUT2D eigenvalue weighted by Crippen LogP contribution is 2.72. The van der Waals surface area contributed by atoms with Gasteiger partial charge in [0.1, 0.15) is 0 Å². The molecule has 0 saturated heterocycles. The Labute approximate surface area is 274 Å². The number of hydrogen-bond donors (Lipinski definition) is 0. The summed E-state index contributed by atoms with van der Waals surface area (Å²) in [7, 11) is -12.5. The summed E-state index contributed by atoms with van der Waals surface area (Å²) in [4.78, 5) is -1.62. The molecule has 0 N–H and O–H groups in total. The molecule has 0 aliphatic rings. The molecule has 0 spiro atoms. The number of hydrogen-bond acceptors (Lipinski definition) is 3. The summed E-state index contributed by atoms with van der Waals surface area (Å²) >= 11 is 0. The molecule has 0 radical (unpaired) electrons. The first-order valence-electron chi connectivity index (χ1n) is 12.8. The maximum Gasteiger partial charge on any atom is 0.460 e. The van der Waals surface area contributed by atoms with Gasteiger partial charge in [0.2, 0.25) is 0 Å². The van der Waals surface area contributed by atoms with E-state index in [1.54, 1.807) is 0 Å². The van der Waals surface area contributed by atoms with Gasteiger partial charge in [-0.05, 0) is 46.7 Å². The highest BCUT2D eigenvalue weighted by atomic mass is 32.3. The summed E-state index contributed by atoms with van der Waals surface area (Å²) in [6.07, 6.45) is -8.03. The molecular formula is C27H15F19O3S2. The topological polar surface area (TPSA) is 43.4 Å². The molecule has 286 valence electrons. The largest absolute Gasteiger partial charge is 0.460 e. The lowest BCUT2D eigenvalue weighted by Gasteiger charge is -2.44. The second-order valence-corrected chi connectivity index (χ2v) is 14.5. The number of alkyl halides is 19. The molecule has 3 aromatic rings. The zero-order chi connectivity index (χ0) is 39.5. The predicted molar refractivity (Wildman–Crippen MR) is 137 cm³/mol. The van der Waals surface area contributed by atoms with Gasteiger partial charge < -0.3 is 0 Å². The molecule has 0 unspecified atom stereocenters. The minimum atomic E-state index is -9.21. The van der Waals surface area contributed by atoms with Crippen LogP contribution in [0.25, 0.3) is 0 Å². The number of rotatable bonds is 13. The zero-order valence-corrected chi connectivity index (χ0v) is 25.5. The highest BCUT2D eigenvalue weighted by Gasteiger charge is 2.97. The van der Waals surface area contributed by atoms with E-state index in [0.717, 1.165) is 72.8 Å². The van der Waals surface area contributed by atoms with Crippen molar-refractivity contribution < 1.29 is 95.5 Å². The van der Waals surface area contributed by atoms with Gasteiger partial charge in [-0.3, -0.25) is 0 Å². The van der Waals surface area contributed by atoms with Crippen molar-refractivity contribution in [1.82, 2.24) is 0 Å². The molecule has 0 atom stereocenters. The molecule has 0 aromatic heterocycles. The molecule has 0 aliphatic carbocycles. The Hall–Kier alpha value is -3.41. The molecule has 0 fully saturated rings. The number of benzene rings is 3. The standard InChI is InChI=1S/C27H15F19O3S2/c28-19(29,20(30,31)22(34,35)24(38,39)26(42,43)44)21(32,33)23(36,37)25(40,41)27(45,46)51(47,48)49-50(16-10-4-1-5-11-16,17-12-6-2-7-13-17)18-14-8-3-9-15-18/h1-15H. The average molecular weight is 813 g/mol. The quantitative estimate of drug-likeness (QED) is 0.162. The van der Waals surface area contributed by atoms with Gasteiger partial charge in [-0.1, -0.05) is 54.6 Å². The molecule has 3 nitrogen and oxygen atoms in total. The predicted octanol–water partition coefficient (Wildman–Crippen LogP) is 10.8. The van der Waals surface area contributed by atoms with Gasteiger partial charge in [0.15, 0.2) is 0 Å². The van der Waals surface area contributed by atoms with Crippen LogP contribution in [0, 0.1) is 0 Å². The molecule has 0 amide bonds. The maximum atomic E-state index is 15.2. The Bertz CT molecular complexity index is 1690. The zero-order valence-electron chi connectivity index (χ0n) is 23.9. The van der Waals surface area contributed by atoms with E-state index in [4.69, 9.17) is 0 Å². The second kappa shape index (κ2) is 12.6. The van der Waals surface area contributed by atoms with Gasteiger partial charge >= 0.3 is 63.0 Å². The van der Waals surface area contributed by atoms with E-state index < -0.39 is 88.0 Å². The van der Waals surface area contributed by atoms with Gasteiger partial charge in [-0.15, -0.1) is 0 Å². The molecule has 0 heterocycles. The smallest absolute Gasteiger partial charge is 0.202 e. The van der Waals surface area contributed by atoms with E-state index in [9.17, 15) is 83.1 Å². The van der Waals surface area contributed by atoms with Crippen LogP contribution >= 0.6 is 10.3 Å². The van der Waals surface area contributed by atoms with Crippen LogP contribution in [-0.4, -0.2) is 61.3 Å². The Balaban J connectivity index is 2.28. The summed E-state index contributed by atoms with van der Waals surface area (Å²) in [5.41, 5.74) is 0. The second-order valence-electron chi connectivity index (χ2n) is 10.1. The van der Waals surface area contributed by atoms with Crippen molar-refractivity contribution in [3.8, 4) is 0 Å². The monoisotopic (exact) mass is 812 g/mol. The van der Waals surface area contributed by atoms with E-state index in [0.29, 0.717) is 0 Å². The Kier molecular flexibility index (Phi) is 10.4. The third-order valence-corrected chi connectivity index (χ3v) is 12.0. The van der Waals surface area contributed by atoms with Crippen LogP contribution in [0.2, 0.25) is 0 Å². The van der Waals surface area contributed by atoms with Crippen LogP contribution in [-0.2, 0) is 13.7 Å². The van der Waals surface area contributed by atoms with Crippen LogP contribution in [0.3, 0.4) is 0 Å². The first-order valence-corrected chi connectivity index (χ1v) is 15.8.